The largest absolute Gasteiger partial charge is 0.456 e. The number of hydrogen-bond donors (Lipinski definition) is 3. The van der Waals surface area contributed by atoms with E-state index in [-0.39, 0.29) is 24.9 Å². The van der Waals surface area contributed by atoms with Gasteiger partial charge in [0, 0.05) is 5.02 Å². The highest BCUT2D eigenvalue weighted by atomic mass is 35.5. The van der Waals surface area contributed by atoms with E-state index in [1.807, 2.05) is 0 Å². The van der Waals surface area contributed by atoms with Gasteiger partial charge in [-0.3, -0.25) is 9.97 Å². The molecule has 0 bridgehead atoms. The molecule has 1 atom stereocenters. The lowest BCUT2D eigenvalue weighted by atomic mass is 10.1. The van der Waals surface area contributed by atoms with Gasteiger partial charge < -0.3 is 14.5 Å². The predicted octanol–water partition coefficient (Wildman–Crippen LogP) is 2.61. The maximum atomic E-state index is 11.6. The summed E-state index contributed by atoms with van der Waals surface area (Å²) in [6, 6.07) is 6.80. The first kappa shape index (κ1) is 17.9. The monoisotopic (exact) mass is 333 g/mol. The lowest BCUT2D eigenvalue weighted by Crippen LogP contribution is -2.20. The highest BCUT2D eigenvalue weighted by Gasteiger charge is 2.22. The SMILES string of the molecule is CC(CC(=N)C(=O)OCc1cccc(Cl)c1)CP(=O)(O)O. The van der Waals surface area contributed by atoms with Crippen LogP contribution in [0, 0.1) is 11.3 Å². The minimum atomic E-state index is -4.14. The molecule has 0 aliphatic rings. The van der Waals surface area contributed by atoms with E-state index in [1.165, 1.54) is 0 Å². The number of rotatable bonds is 7. The van der Waals surface area contributed by atoms with Gasteiger partial charge in [0.25, 0.3) is 0 Å². The van der Waals surface area contributed by atoms with Crippen LogP contribution in [-0.2, 0) is 20.7 Å². The number of benzene rings is 1. The zero-order valence-electron chi connectivity index (χ0n) is 11.5. The van der Waals surface area contributed by atoms with Gasteiger partial charge in [-0.05, 0) is 30.0 Å². The van der Waals surface area contributed by atoms with Crippen LogP contribution in [0.4, 0.5) is 0 Å². The number of nitrogens with one attached hydrogen (secondary N) is 1. The van der Waals surface area contributed by atoms with E-state index >= 15 is 0 Å². The Kier molecular flexibility index (Phi) is 6.55. The molecule has 0 amide bonds. The molecule has 0 saturated heterocycles. The van der Waals surface area contributed by atoms with Crippen LogP contribution in [0.5, 0.6) is 0 Å². The van der Waals surface area contributed by atoms with E-state index in [9.17, 15) is 9.36 Å². The third kappa shape index (κ3) is 7.39. The van der Waals surface area contributed by atoms with E-state index in [0.717, 1.165) is 0 Å². The van der Waals surface area contributed by atoms with E-state index in [1.54, 1.807) is 31.2 Å². The Balaban J connectivity index is 2.44. The van der Waals surface area contributed by atoms with Crippen molar-refractivity contribution in [3.8, 4) is 0 Å². The van der Waals surface area contributed by atoms with Gasteiger partial charge in [0.15, 0.2) is 0 Å². The summed E-state index contributed by atoms with van der Waals surface area (Å²) >= 11 is 5.80. The Morgan fingerprint density at radius 2 is 2.14 bits per heavy atom. The van der Waals surface area contributed by atoms with Gasteiger partial charge in [-0.15, -0.1) is 0 Å². The van der Waals surface area contributed by atoms with Crippen molar-refractivity contribution in [3.05, 3.63) is 34.9 Å². The van der Waals surface area contributed by atoms with Crippen LogP contribution in [0.1, 0.15) is 18.9 Å². The first-order chi connectivity index (χ1) is 9.67. The lowest BCUT2D eigenvalue weighted by Gasteiger charge is -2.12. The van der Waals surface area contributed by atoms with E-state index in [4.69, 9.17) is 31.5 Å². The highest BCUT2D eigenvalue weighted by molar-refractivity contribution is 7.51. The molecule has 3 N–H and O–H groups in total. The van der Waals surface area contributed by atoms with Gasteiger partial charge >= 0.3 is 13.6 Å². The molecule has 0 spiro atoms. The second kappa shape index (κ2) is 7.71. The van der Waals surface area contributed by atoms with Crippen LogP contribution >= 0.6 is 19.2 Å². The molecule has 8 heteroatoms. The average molecular weight is 334 g/mol. The zero-order valence-corrected chi connectivity index (χ0v) is 13.1. The van der Waals surface area contributed by atoms with Crippen molar-refractivity contribution in [1.29, 1.82) is 5.41 Å². The smallest absolute Gasteiger partial charge is 0.352 e. The second-order valence-corrected chi connectivity index (χ2v) is 6.97. The predicted molar refractivity (Wildman–Crippen MR) is 79.7 cm³/mol. The molecular formula is C13H17ClNO5P. The van der Waals surface area contributed by atoms with Gasteiger partial charge in [0.05, 0.1) is 6.16 Å². The fourth-order valence-electron chi connectivity index (χ4n) is 1.77. The Bertz CT molecular complexity index is 571. The number of carbonyl (C=O) groups excluding carboxylic acids is 1. The zero-order chi connectivity index (χ0) is 16.0. The first-order valence-electron chi connectivity index (χ1n) is 6.21. The maximum Gasteiger partial charge on any atom is 0.352 e. The molecule has 21 heavy (non-hydrogen) atoms. The van der Waals surface area contributed by atoms with Crippen LogP contribution < -0.4 is 0 Å². The van der Waals surface area contributed by atoms with Crippen LogP contribution in [0.2, 0.25) is 5.02 Å². The van der Waals surface area contributed by atoms with Gasteiger partial charge in [0.1, 0.15) is 12.3 Å². The summed E-state index contributed by atoms with van der Waals surface area (Å²) in [6.45, 7) is 1.56. The molecule has 1 unspecified atom stereocenters. The standard InChI is InChI=1S/C13H17ClNO5P/c1-9(8-21(17,18)19)5-12(15)13(16)20-7-10-3-2-4-11(14)6-10/h2-4,6,9,15H,5,7-8H2,1H3,(H2,17,18,19). The number of ether oxygens (including phenoxy) is 1. The van der Waals surface area contributed by atoms with Crippen molar-refractivity contribution in [2.45, 2.75) is 20.0 Å². The molecule has 0 radical (unpaired) electrons. The maximum absolute atomic E-state index is 11.6. The Morgan fingerprint density at radius 1 is 1.48 bits per heavy atom. The molecular weight excluding hydrogens is 317 g/mol. The summed E-state index contributed by atoms with van der Waals surface area (Å²) in [5.41, 5.74) is 0.393. The molecule has 0 saturated carbocycles. The second-order valence-electron chi connectivity index (χ2n) is 4.84. The topological polar surface area (TPSA) is 108 Å². The van der Waals surface area contributed by atoms with E-state index in [0.29, 0.717) is 10.6 Å². The minimum Gasteiger partial charge on any atom is -0.456 e. The third-order valence-corrected chi connectivity index (χ3v) is 3.94. The molecule has 6 nitrogen and oxygen atoms in total. The van der Waals surface area contributed by atoms with Crippen LogP contribution in [-0.4, -0.2) is 27.6 Å². The van der Waals surface area contributed by atoms with Crippen LogP contribution in [0.25, 0.3) is 0 Å². The van der Waals surface area contributed by atoms with Gasteiger partial charge in [-0.25, -0.2) is 4.79 Å². The Hall–Kier alpha value is -1.20. The summed E-state index contributed by atoms with van der Waals surface area (Å²) in [6.07, 6.45) is -0.406. The molecule has 0 fully saturated rings. The minimum absolute atomic E-state index is 0.00531. The third-order valence-electron chi connectivity index (χ3n) is 2.61. The van der Waals surface area contributed by atoms with Crippen molar-refractivity contribution < 1.29 is 23.9 Å². The fraction of sp³-hybridized carbons (Fsp3) is 0.385. The van der Waals surface area contributed by atoms with E-state index in [2.05, 4.69) is 0 Å². The highest BCUT2D eigenvalue weighted by Crippen LogP contribution is 2.37. The van der Waals surface area contributed by atoms with Gasteiger partial charge in [-0.2, -0.15) is 0 Å². The Morgan fingerprint density at radius 3 is 2.71 bits per heavy atom. The molecule has 1 aromatic rings. The quantitative estimate of drug-likeness (QED) is 0.404. The van der Waals surface area contributed by atoms with Crippen molar-refractivity contribution in [2.75, 3.05) is 6.16 Å². The first-order valence-corrected chi connectivity index (χ1v) is 8.38. The summed E-state index contributed by atoms with van der Waals surface area (Å²) in [5, 5.41) is 8.11. The molecule has 0 heterocycles. The number of halogens is 1. The van der Waals surface area contributed by atoms with Crippen LogP contribution in [0.3, 0.4) is 0 Å². The summed E-state index contributed by atoms with van der Waals surface area (Å²) in [4.78, 5) is 29.3. The van der Waals surface area contributed by atoms with E-state index < -0.39 is 19.5 Å². The number of esters is 1. The van der Waals surface area contributed by atoms with Crippen molar-refractivity contribution in [1.82, 2.24) is 0 Å². The molecule has 1 aromatic carbocycles. The number of carbonyl (C=O) groups is 1. The summed E-state index contributed by atoms with van der Waals surface area (Å²) < 4.78 is 15.8. The van der Waals surface area contributed by atoms with Gasteiger partial charge in [0.2, 0.25) is 0 Å². The summed E-state index contributed by atoms with van der Waals surface area (Å²) in [7, 11) is -4.14. The fourth-order valence-corrected chi connectivity index (χ4v) is 2.92. The molecule has 116 valence electrons. The van der Waals surface area contributed by atoms with Crippen molar-refractivity contribution >= 4 is 30.9 Å². The van der Waals surface area contributed by atoms with Gasteiger partial charge in [-0.1, -0.05) is 30.7 Å². The Labute approximate surface area is 127 Å². The van der Waals surface area contributed by atoms with Crippen molar-refractivity contribution in [3.63, 3.8) is 0 Å². The summed E-state index contributed by atoms with van der Waals surface area (Å²) in [5.74, 6) is -1.27. The molecule has 0 aliphatic carbocycles. The number of hydrogen-bond acceptors (Lipinski definition) is 4. The lowest BCUT2D eigenvalue weighted by molar-refractivity contribution is -0.137. The normalized spacial score (nSPS) is 12.8. The van der Waals surface area contributed by atoms with Crippen LogP contribution in [0.15, 0.2) is 24.3 Å². The van der Waals surface area contributed by atoms with Crippen molar-refractivity contribution in [2.24, 2.45) is 5.92 Å². The molecule has 0 aliphatic heterocycles. The molecule has 1 rings (SSSR count). The average Bonchev–Trinajstić information content (AvgIpc) is 2.33. The molecule has 0 aromatic heterocycles.